The van der Waals surface area contributed by atoms with Crippen molar-refractivity contribution < 1.29 is 4.74 Å². The van der Waals surface area contributed by atoms with Gasteiger partial charge in [-0.15, -0.1) is 0 Å². The Kier molecular flexibility index (Phi) is 4.68. The Morgan fingerprint density at radius 3 is 2.72 bits per heavy atom. The molecule has 18 heavy (non-hydrogen) atoms. The van der Waals surface area contributed by atoms with Crippen molar-refractivity contribution in [1.82, 2.24) is 4.90 Å². The van der Waals surface area contributed by atoms with Crippen LogP contribution < -0.4 is 5.73 Å². The first-order chi connectivity index (χ1) is 8.54. The molecule has 1 saturated heterocycles. The predicted molar refractivity (Wildman–Crippen MR) is 75.6 cm³/mol. The molecule has 2 aliphatic rings. The molecule has 1 saturated carbocycles. The summed E-state index contributed by atoms with van der Waals surface area (Å²) in [5, 5.41) is 0. The fraction of sp³-hybridized carbons (Fsp3) is 1.00. The lowest BCUT2D eigenvalue weighted by atomic mass is 9.87. The number of likely N-dealkylation sites (tertiary alicyclic amines) is 1. The lowest BCUT2D eigenvalue weighted by Gasteiger charge is -2.40. The van der Waals surface area contributed by atoms with Crippen LogP contribution in [0.2, 0.25) is 0 Å². The summed E-state index contributed by atoms with van der Waals surface area (Å²) in [6.45, 7) is 10.0. The van der Waals surface area contributed by atoms with E-state index in [0.717, 1.165) is 19.6 Å². The molecule has 0 aromatic carbocycles. The fourth-order valence-electron chi connectivity index (χ4n) is 3.48. The Balaban J connectivity index is 1.89. The van der Waals surface area contributed by atoms with E-state index >= 15 is 0 Å². The zero-order chi connectivity index (χ0) is 13.2. The molecule has 0 aromatic heterocycles. The van der Waals surface area contributed by atoms with Gasteiger partial charge in [0.15, 0.2) is 0 Å². The van der Waals surface area contributed by atoms with Crippen molar-refractivity contribution in [3.8, 4) is 0 Å². The molecule has 1 aliphatic carbocycles. The number of ether oxygens (including phenoxy) is 1. The van der Waals surface area contributed by atoms with E-state index in [-0.39, 0.29) is 0 Å². The normalized spacial score (nSPS) is 37.0. The molecular formula is C15H30N2O. The highest BCUT2D eigenvalue weighted by Crippen LogP contribution is 2.39. The molecule has 3 atom stereocenters. The van der Waals surface area contributed by atoms with Gasteiger partial charge in [-0.25, -0.2) is 0 Å². The minimum Gasteiger partial charge on any atom is -0.377 e. The van der Waals surface area contributed by atoms with Gasteiger partial charge in [0.25, 0.3) is 0 Å². The molecular weight excluding hydrogens is 224 g/mol. The molecule has 1 aliphatic heterocycles. The van der Waals surface area contributed by atoms with E-state index in [9.17, 15) is 0 Å². The van der Waals surface area contributed by atoms with Crippen molar-refractivity contribution in [2.24, 2.45) is 11.1 Å². The van der Waals surface area contributed by atoms with Gasteiger partial charge in [-0.3, -0.25) is 4.90 Å². The molecule has 0 aromatic rings. The summed E-state index contributed by atoms with van der Waals surface area (Å²) in [5.74, 6) is 0. The highest BCUT2D eigenvalue weighted by atomic mass is 16.5. The number of nitrogens with two attached hydrogens (primary N) is 1. The molecule has 2 fully saturated rings. The molecule has 3 unspecified atom stereocenters. The molecule has 1 heterocycles. The van der Waals surface area contributed by atoms with E-state index in [0.29, 0.717) is 23.6 Å². The van der Waals surface area contributed by atoms with Gasteiger partial charge in [0.2, 0.25) is 0 Å². The van der Waals surface area contributed by atoms with Crippen LogP contribution >= 0.6 is 0 Å². The second-order valence-electron chi connectivity index (χ2n) is 6.75. The monoisotopic (exact) mass is 254 g/mol. The van der Waals surface area contributed by atoms with Crippen LogP contribution in [0.15, 0.2) is 0 Å². The first-order valence-electron chi connectivity index (χ1n) is 7.66. The van der Waals surface area contributed by atoms with Crippen molar-refractivity contribution in [1.29, 1.82) is 0 Å². The van der Waals surface area contributed by atoms with Gasteiger partial charge >= 0.3 is 0 Å². The number of piperidine rings is 1. The van der Waals surface area contributed by atoms with Crippen molar-refractivity contribution in [2.75, 3.05) is 19.7 Å². The Labute approximate surface area is 112 Å². The zero-order valence-corrected chi connectivity index (χ0v) is 12.3. The highest BCUT2D eigenvalue weighted by Gasteiger charge is 2.43. The van der Waals surface area contributed by atoms with E-state index in [1.54, 1.807) is 0 Å². The number of hydrogen-bond donors (Lipinski definition) is 1. The molecule has 0 bridgehead atoms. The largest absolute Gasteiger partial charge is 0.377 e. The van der Waals surface area contributed by atoms with E-state index < -0.39 is 0 Å². The molecule has 3 nitrogen and oxygen atoms in total. The molecule has 0 amide bonds. The third-order valence-electron chi connectivity index (χ3n) is 4.84. The highest BCUT2D eigenvalue weighted by molar-refractivity contribution is 5.00. The van der Waals surface area contributed by atoms with Crippen molar-refractivity contribution in [2.45, 2.75) is 71.1 Å². The Hall–Kier alpha value is -0.120. The van der Waals surface area contributed by atoms with Gasteiger partial charge in [0.1, 0.15) is 0 Å². The van der Waals surface area contributed by atoms with Crippen LogP contribution in [0.4, 0.5) is 0 Å². The molecule has 106 valence electrons. The lowest BCUT2D eigenvalue weighted by molar-refractivity contribution is -0.0152. The molecule has 0 spiro atoms. The number of rotatable bonds is 4. The summed E-state index contributed by atoms with van der Waals surface area (Å²) in [4.78, 5) is 2.60. The fourth-order valence-corrected chi connectivity index (χ4v) is 3.48. The summed E-state index contributed by atoms with van der Waals surface area (Å²) in [7, 11) is 0. The summed E-state index contributed by atoms with van der Waals surface area (Å²) in [6.07, 6.45) is 6.56. The maximum atomic E-state index is 6.45. The first kappa shape index (κ1) is 14.3. The van der Waals surface area contributed by atoms with Crippen molar-refractivity contribution >= 4 is 0 Å². The van der Waals surface area contributed by atoms with E-state index in [1.807, 2.05) is 0 Å². The van der Waals surface area contributed by atoms with E-state index in [2.05, 4.69) is 25.7 Å². The number of hydrogen-bond acceptors (Lipinski definition) is 3. The average Bonchev–Trinajstić information content (AvgIpc) is 2.62. The van der Waals surface area contributed by atoms with E-state index in [1.165, 1.54) is 32.2 Å². The topological polar surface area (TPSA) is 38.5 Å². The third-order valence-corrected chi connectivity index (χ3v) is 4.84. The smallest absolute Gasteiger partial charge is 0.0702 e. The van der Waals surface area contributed by atoms with Crippen LogP contribution in [0.25, 0.3) is 0 Å². The standard InChI is InChI=1S/C15H30N2O/c1-4-10-18-12-6-5-9-17(11-12)13-7-8-15(2,3)14(13)16/h12-14H,4-11,16H2,1-3H3. The SMILES string of the molecule is CCCOC1CCCN(C2CCC(C)(C)C2N)C1. The summed E-state index contributed by atoms with van der Waals surface area (Å²) in [6, 6.07) is 0.899. The lowest BCUT2D eigenvalue weighted by Crippen LogP contribution is -2.53. The van der Waals surface area contributed by atoms with Crippen LogP contribution in [0, 0.1) is 5.41 Å². The maximum Gasteiger partial charge on any atom is 0.0702 e. The average molecular weight is 254 g/mol. The summed E-state index contributed by atoms with van der Waals surface area (Å²) < 4.78 is 5.93. The van der Waals surface area contributed by atoms with Gasteiger partial charge in [-0.2, -0.15) is 0 Å². The quantitative estimate of drug-likeness (QED) is 0.837. The second-order valence-corrected chi connectivity index (χ2v) is 6.75. The molecule has 2 N–H and O–H groups in total. The Bertz CT molecular complexity index is 267. The number of nitrogens with zero attached hydrogens (tertiary/aromatic N) is 1. The minimum absolute atomic E-state index is 0.307. The van der Waals surface area contributed by atoms with Crippen molar-refractivity contribution in [3.05, 3.63) is 0 Å². The Morgan fingerprint density at radius 1 is 1.33 bits per heavy atom. The Morgan fingerprint density at radius 2 is 2.11 bits per heavy atom. The maximum absolute atomic E-state index is 6.45. The van der Waals surface area contributed by atoms with Gasteiger partial charge in [0.05, 0.1) is 6.10 Å². The zero-order valence-electron chi connectivity index (χ0n) is 12.3. The molecule has 0 radical (unpaired) electrons. The van der Waals surface area contributed by atoms with Crippen LogP contribution in [-0.2, 0) is 4.74 Å². The third kappa shape index (κ3) is 3.06. The van der Waals surface area contributed by atoms with Gasteiger partial charge < -0.3 is 10.5 Å². The van der Waals surface area contributed by atoms with Gasteiger partial charge in [-0.1, -0.05) is 20.8 Å². The van der Waals surface area contributed by atoms with Crippen LogP contribution in [0.5, 0.6) is 0 Å². The first-order valence-corrected chi connectivity index (χ1v) is 7.66. The van der Waals surface area contributed by atoms with Crippen LogP contribution in [0.1, 0.15) is 52.9 Å². The molecule has 2 rings (SSSR count). The van der Waals surface area contributed by atoms with Gasteiger partial charge in [-0.05, 0) is 44.1 Å². The van der Waals surface area contributed by atoms with Crippen LogP contribution in [0.3, 0.4) is 0 Å². The van der Waals surface area contributed by atoms with Crippen molar-refractivity contribution in [3.63, 3.8) is 0 Å². The van der Waals surface area contributed by atoms with Crippen LogP contribution in [-0.4, -0.2) is 42.8 Å². The summed E-state index contributed by atoms with van der Waals surface area (Å²) in [5.41, 5.74) is 6.76. The predicted octanol–water partition coefficient (Wildman–Crippen LogP) is 2.39. The summed E-state index contributed by atoms with van der Waals surface area (Å²) >= 11 is 0. The molecule has 3 heteroatoms. The van der Waals surface area contributed by atoms with Gasteiger partial charge in [0, 0.05) is 25.2 Å². The second kappa shape index (κ2) is 5.89. The minimum atomic E-state index is 0.307. The van der Waals surface area contributed by atoms with E-state index in [4.69, 9.17) is 10.5 Å².